The Hall–Kier alpha value is -1.47. The number of hydrogen-bond acceptors (Lipinski definition) is 4. The fourth-order valence-electron chi connectivity index (χ4n) is 2.45. The average molecular weight is 356 g/mol. The summed E-state index contributed by atoms with van der Waals surface area (Å²) in [6, 6.07) is 4.99. The van der Waals surface area contributed by atoms with Crippen molar-refractivity contribution < 1.29 is 9.72 Å². The van der Waals surface area contributed by atoms with Crippen molar-refractivity contribution >= 4 is 27.5 Å². The molecule has 6 nitrogen and oxygen atoms in total. The third-order valence-corrected chi connectivity index (χ3v) is 4.04. The van der Waals surface area contributed by atoms with E-state index >= 15 is 0 Å². The van der Waals surface area contributed by atoms with Crippen LogP contribution in [0.1, 0.15) is 25.3 Å². The van der Waals surface area contributed by atoms with Crippen molar-refractivity contribution in [2.45, 2.75) is 32.4 Å². The summed E-state index contributed by atoms with van der Waals surface area (Å²) in [4.78, 5) is 24.0. The Bertz CT molecular complexity index is 550. The monoisotopic (exact) mass is 355 g/mol. The number of halogens is 1. The standard InChI is InChI=1S/C14H18BrN3O3/c1-10(9-17-6-2-3-14(17)19)16-8-11-7-12(15)4-5-13(11)18(20)21/h4-5,7,10,16H,2-3,6,8-9H2,1H3. The highest BCUT2D eigenvalue weighted by Gasteiger charge is 2.22. The fourth-order valence-corrected chi connectivity index (χ4v) is 2.86. The van der Waals surface area contributed by atoms with E-state index in [0.29, 0.717) is 25.1 Å². The third-order valence-electron chi connectivity index (χ3n) is 3.54. The van der Waals surface area contributed by atoms with E-state index in [1.165, 1.54) is 6.07 Å². The van der Waals surface area contributed by atoms with Gasteiger partial charge < -0.3 is 10.2 Å². The van der Waals surface area contributed by atoms with Crippen LogP contribution in [0.25, 0.3) is 0 Å². The predicted molar refractivity (Wildman–Crippen MR) is 82.9 cm³/mol. The minimum absolute atomic E-state index is 0.0886. The van der Waals surface area contributed by atoms with Crippen LogP contribution in [0.2, 0.25) is 0 Å². The molecule has 21 heavy (non-hydrogen) atoms. The summed E-state index contributed by atoms with van der Waals surface area (Å²) < 4.78 is 0.812. The number of carbonyl (C=O) groups excluding carboxylic acids is 1. The summed E-state index contributed by atoms with van der Waals surface area (Å²) in [6.07, 6.45) is 1.55. The summed E-state index contributed by atoms with van der Waals surface area (Å²) in [5.41, 5.74) is 0.740. The normalized spacial score (nSPS) is 16.3. The fraction of sp³-hybridized carbons (Fsp3) is 0.500. The second kappa shape index (κ2) is 7.00. The lowest BCUT2D eigenvalue weighted by atomic mass is 10.1. The first-order valence-electron chi connectivity index (χ1n) is 6.91. The van der Waals surface area contributed by atoms with Crippen LogP contribution < -0.4 is 5.32 Å². The molecule has 1 aliphatic rings. The third kappa shape index (κ3) is 4.25. The molecular weight excluding hydrogens is 338 g/mol. The van der Waals surface area contributed by atoms with Crippen LogP contribution >= 0.6 is 15.9 Å². The zero-order chi connectivity index (χ0) is 15.4. The van der Waals surface area contributed by atoms with Gasteiger partial charge >= 0.3 is 0 Å². The second-order valence-electron chi connectivity index (χ2n) is 5.26. The van der Waals surface area contributed by atoms with Crippen LogP contribution in [0.4, 0.5) is 5.69 Å². The summed E-state index contributed by atoms with van der Waals surface area (Å²) in [5, 5.41) is 14.3. The Morgan fingerprint density at radius 3 is 2.90 bits per heavy atom. The van der Waals surface area contributed by atoms with Crippen LogP contribution in [0, 0.1) is 10.1 Å². The van der Waals surface area contributed by atoms with Crippen LogP contribution in [-0.4, -0.2) is 34.9 Å². The minimum atomic E-state index is -0.377. The van der Waals surface area contributed by atoms with E-state index in [1.54, 1.807) is 12.1 Å². The minimum Gasteiger partial charge on any atom is -0.341 e. The number of amides is 1. The van der Waals surface area contributed by atoms with Crippen LogP contribution in [-0.2, 0) is 11.3 Å². The molecule has 1 heterocycles. The maximum Gasteiger partial charge on any atom is 0.273 e. The number of nitrogens with zero attached hydrogens (tertiary/aromatic N) is 2. The molecule has 0 bridgehead atoms. The number of nitro groups is 1. The largest absolute Gasteiger partial charge is 0.341 e. The Kier molecular flexibility index (Phi) is 5.30. The summed E-state index contributed by atoms with van der Waals surface area (Å²) in [6.45, 7) is 3.83. The molecule has 1 aromatic rings. The van der Waals surface area contributed by atoms with Crippen molar-refractivity contribution in [2.75, 3.05) is 13.1 Å². The molecule has 1 fully saturated rings. The first-order chi connectivity index (χ1) is 9.97. The topological polar surface area (TPSA) is 75.5 Å². The molecule has 1 unspecified atom stereocenters. The first-order valence-corrected chi connectivity index (χ1v) is 7.70. The van der Waals surface area contributed by atoms with Gasteiger partial charge in [-0.05, 0) is 25.5 Å². The van der Waals surface area contributed by atoms with Gasteiger partial charge in [0.15, 0.2) is 0 Å². The highest BCUT2D eigenvalue weighted by molar-refractivity contribution is 9.10. The van der Waals surface area contributed by atoms with E-state index in [1.807, 2.05) is 11.8 Å². The number of likely N-dealkylation sites (tertiary alicyclic amines) is 1. The first kappa shape index (κ1) is 15.9. The Morgan fingerprint density at radius 1 is 1.52 bits per heavy atom. The number of rotatable bonds is 6. The van der Waals surface area contributed by atoms with Gasteiger partial charge in [0.1, 0.15) is 0 Å². The van der Waals surface area contributed by atoms with Gasteiger partial charge in [-0.15, -0.1) is 0 Å². The van der Waals surface area contributed by atoms with Gasteiger partial charge in [0.25, 0.3) is 5.69 Å². The highest BCUT2D eigenvalue weighted by atomic mass is 79.9. The van der Waals surface area contributed by atoms with Crippen molar-refractivity contribution in [2.24, 2.45) is 0 Å². The molecule has 1 atom stereocenters. The molecule has 114 valence electrons. The van der Waals surface area contributed by atoms with Crippen molar-refractivity contribution in [3.8, 4) is 0 Å². The van der Waals surface area contributed by atoms with Crippen LogP contribution in [0.3, 0.4) is 0 Å². The lowest BCUT2D eigenvalue weighted by Gasteiger charge is -2.21. The molecule has 1 N–H and O–H groups in total. The zero-order valence-corrected chi connectivity index (χ0v) is 13.4. The van der Waals surface area contributed by atoms with Gasteiger partial charge in [-0.25, -0.2) is 0 Å². The number of nitro benzene ring substituents is 1. The van der Waals surface area contributed by atoms with E-state index in [-0.39, 0.29) is 22.6 Å². The molecule has 0 aromatic heterocycles. The molecule has 2 rings (SSSR count). The van der Waals surface area contributed by atoms with E-state index in [0.717, 1.165) is 17.4 Å². The van der Waals surface area contributed by atoms with Crippen LogP contribution in [0.5, 0.6) is 0 Å². The highest BCUT2D eigenvalue weighted by Crippen LogP contribution is 2.23. The summed E-state index contributed by atoms with van der Waals surface area (Å²) in [5.74, 6) is 0.192. The van der Waals surface area contributed by atoms with Gasteiger partial charge in [-0.1, -0.05) is 15.9 Å². The maximum atomic E-state index is 11.6. The molecule has 0 saturated carbocycles. The van der Waals surface area contributed by atoms with Crippen molar-refractivity contribution in [1.29, 1.82) is 0 Å². The lowest BCUT2D eigenvalue weighted by molar-refractivity contribution is -0.385. The molecule has 1 amide bonds. The maximum absolute atomic E-state index is 11.6. The Morgan fingerprint density at radius 2 is 2.29 bits per heavy atom. The molecule has 1 saturated heterocycles. The predicted octanol–water partition coefficient (Wildman–Crippen LogP) is 2.46. The molecule has 7 heteroatoms. The number of hydrogen-bond donors (Lipinski definition) is 1. The number of carbonyl (C=O) groups is 1. The molecule has 0 aliphatic carbocycles. The second-order valence-corrected chi connectivity index (χ2v) is 6.17. The van der Waals surface area contributed by atoms with Gasteiger partial charge in [-0.2, -0.15) is 0 Å². The smallest absolute Gasteiger partial charge is 0.273 e. The van der Waals surface area contributed by atoms with Gasteiger partial charge in [0.05, 0.1) is 4.92 Å². The van der Waals surface area contributed by atoms with Gasteiger partial charge in [-0.3, -0.25) is 14.9 Å². The van der Waals surface area contributed by atoms with Gasteiger partial charge in [0, 0.05) is 48.2 Å². The molecule has 0 spiro atoms. The van der Waals surface area contributed by atoms with E-state index in [9.17, 15) is 14.9 Å². The quantitative estimate of drug-likeness (QED) is 0.628. The van der Waals surface area contributed by atoms with E-state index < -0.39 is 0 Å². The average Bonchev–Trinajstić information content (AvgIpc) is 2.81. The van der Waals surface area contributed by atoms with Crippen molar-refractivity contribution in [3.63, 3.8) is 0 Å². The summed E-state index contributed by atoms with van der Waals surface area (Å²) in [7, 11) is 0. The zero-order valence-electron chi connectivity index (χ0n) is 11.8. The van der Waals surface area contributed by atoms with E-state index in [4.69, 9.17) is 0 Å². The van der Waals surface area contributed by atoms with E-state index in [2.05, 4.69) is 21.2 Å². The molecular formula is C14H18BrN3O3. The van der Waals surface area contributed by atoms with Gasteiger partial charge in [0.2, 0.25) is 5.91 Å². The molecule has 1 aliphatic heterocycles. The summed E-state index contributed by atoms with van der Waals surface area (Å²) >= 11 is 3.33. The van der Waals surface area contributed by atoms with Crippen LogP contribution in [0.15, 0.2) is 22.7 Å². The SMILES string of the molecule is CC(CN1CCCC1=O)NCc1cc(Br)ccc1[N+](=O)[O-]. The number of nitrogens with one attached hydrogen (secondary N) is 1. The molecule has 0 radical (unpaired) electrons. The van der Waals surface area contributed by atoms with Crippen molar-refractivity contribution in [1.82, 2.24) is 10.2 Å². The molecule has 1 aromatic carbocycles. The number of benzene rings is 1. The van der Waals surface area contributed by atoms with Crippen molar-refractivity contribution in [3.05, 3.63) is 38.3 Å². The lowest BCUT2D eigenvalue weighted by Crippen LogP contribution is -2.39. The Labute approximate surface area is 131 Å². The Balaban J connectivity index is 1.94.